The molecule has 0 radical (unpaired) electrons. The highest BCUT2D eigenvalue weighted by Gasteiger charge is 2.44. The van der Waals surface area contributed by atoms with Gasteiger partial charge in [0.1, 0.15) is 6.04 Å². The minimum absolute atomic E-state index is 0.00351. The topological polar surface area (TPSA) is 86.8 Å². The first-order valence-electron chi connectivity index (χ1n) is 13.4. The van der Waals surface area contributed by atoms with E-state index in [1.807, 2.05) is 29.4 Å². The first-order chi connectivity index (χ1) is 18.1. The molecule has 1 N–H and O–H groups in total. The summed E-state index contributed by atoms with van der Waals surface area (Å²) in [5.41, 5.74) is 0.521. The fraction of sp³-hybridized carbons (Fsp3) is 0.517. The number of amides is 2. The molecule has 0 spiro atoms. The van der Waals surface area contributed by atoms with Crippen LogP contribution in [0.4, 0.5) is 0 Å². The first-order valence-corrected chi connectivity index (χ1v) is 16.2. The highest BCUT2D eigenvalue weighted by molar-refractivity contribution is 7.98. The second-order valence-electron chi connectivity index (χ2n) is 10.7. The van der Waals surface area contributed by atoms with Crippen LogP contribution in [0.1, 0.15) is 49.9 Å². The predicted molar refractivity (Wildman–Crippen MR) is 152 cm³/mol. The van der Waals surface area contributed by atoms with E-state index in [-0.39, 0.29) is 35.6 Å². The van der Waals surface area contributed by atoms with Crippen LogP contribution in [0, 0.1) is 5.92 Å². The molecule has 2 unspecified atom stereocenters. The third-order valence-electron chi connectivity index (χ3n) is 8.14. The number of rotatable bonds is 9. The van der Waals surface area contributed by atoms with E-state index in [4.69, 9.17) is 0 Å². The van der Waals surface area contributed by atoms with Gasteiger partial charge in [-0.15, -0.1) is 11.8 Å². The van der Waals surface area contributed by atoms with Gasteiger partial charge in [-0.2, -0.15) is 0 Å². The van der Waals surface area contributed by atoms with E-state index in [1.54, 1.807) is 48.2 Å². The van der Waals surface area contributed by atoms with Crippen molar-refractivity contribution in [2.24, 2.45) is 5.92 Å². The molecule has 4 atom stereocenters. The summed E-state index contributed by atoms with van der Waals surface area (Å²) >= 11 is 1.58. The molecule has 206 valence electrons. The van der Waals surface area contributed by atoms with Crippen LogP contribution < -0.4 is 5.32 Å². The van der Waals surface area contributed by atoms with Crippen molar-refractivity contribution < 1.29 is 18.0 Å². The Hall–Kier alpha value is -2.36. The molecule has 2 aromatic rings. The molecule has 1 saturated heterocycles. The van der Waals surface area contributed by atoms with Crippen LogP contribution in [-0.4, -0.2) is 79.8 Å². The molecule has 1 aliphatic heterocycles. The minimum atomic E-state index is -3.54. The van der Waals surface area contributed by atoms with Gasteiger partial charge in [0.05, 0.1) is 10.6 Å². The molecule has 2 fully saturated rings. The number of nitrogens with one attached hydrogen (secondary N) is 1. The lowest BCUT2D eigenvalue weighted by atomic mass is 9.81. The van der Waals surface area contributed by atoms with E-state index in [0.717, 1.165) is 17.7 Å². The van der Waals surface area contributed by atoms with Gasteiger partial charge in [0, 0.05) is 35.1 Å². The van der Waals surface area contributed by atoms with Gasteiger partial charge >= 0.3 is 0 Å². The first kappa shape index (κ1) is 28.6. The van der Waals surface area contributed by atoms with Gasteiger partial charge in [-0.05, 0) is 95.2 Å². The van der Waals surface area contributed by atoms with Gasteiger partial charge in [0.15, 0.2) is 9.84 Å². The van der Waals surface area contributed by atoms with E-state index in [9.17, 15) is 18.0 Å². The Balaban J connectivity index is 1.53. The number of likely N-dealkylation sites (tertiary alicyclic amines) is 1. The van der Waals surface area contributed by atoms with Gasteiger partial charge in [-0.1, -0.05) is 18.2 Å². The number of carbonyl (C=O) groups is 2. The maximum absolute atomic E-state index is 13.5. The Morgan fingerprint density at radius 1 is 1.08 bits per heavy atom. The summed E-state index contributed by atoms with van der Waals surface area (Å²) in [6.45, 7) is 4.82. The second-order valence-corrected chi connectivity index (χ2v) is 13.6. The van der Waals surface area contributed by atoms with E-state index < -0.39 is 15.9 Å². The van der Waals surface area contributed by atoms with Gasteiger partial charge < -0.3 is 15.1 Å². The third kappa shape index (κ3) is 6.43. The van der Waals surface area contributed by atoms with Gasteiger partial charge in [-0.25, -0.2) is 8.42 Å². The van der Waals surface area contributed by atoms with Crippen LogP contribution >= 0.6 is 11.8 Å². The second kappa shape index (κ2) is 12.2. The van der Waals surface area contributed by atoms with Crippen LogP contribution in [0.2, 0.25) is 0 Å². The van der Waals surface area contributed by atoms with Crippen LogP contribution in [0.15, 0.2) is 64.4 Å². The molecular weight excluding hydrogens is 518 g/mol. The smallest absolute Gasteiger partial charge is 0.251 e. The van der Waals surface area contributed by atoms with Gasteiger partial charge in [-0.3, -0.25) is 9.59 Å². The number of benzene rings is 2. The molecule has 1 aliphatic carbocycles. The van der Waals surface area contributed by atoms with Crippen molar-refractivity contribution >= 4 is 33.4 Å². The highest BCUT2D eigenvalue weighted by atomic mass is 32.2. The number of carbonyl (C=O) groups excluding carboxylic acids is 2. The SMILES string of the molecule is CSc1ccc(S(=O)(=O)C[C@@H]2CC(N(C)C(C)C)CCC2N2CC[C@H](NC(=O)c3ccccc3)C2=O)cc1. The van der Waals surface area contributed by atoms with Crippen molar-refractivity contribution in [2.45, 2.75) is 73.5 Å². The zero-order valence-electron chi connectivity index (χ0n) is 22.7. The van der Waals surface area contributed by atoms with E-state index in [2.05, 4.69) is 31.1 Å². The van der Waals surface area contributed by atoms with Gasteiger partial charge in [0.25, 0.3) is 5.91 Å². The fourth-order valence-electron chi connectivity index (χ4n) is 5.76. The lowest BCUT2D eigenvalue weighted by Gasteiger charge is -2.44. The van der Waals surface area contributed by atoms with Crippen molar-refractivity contribution in [3.63, 3.8) is 0 Å². The van der Waals surface area contributed by atoms with E-state index >= 15 is 0 Å². The summed E-state index contributed by atoms with van der Waals surface area (Å²) in [5.74, 6) is -0.556. The molecule has 2 aliphatic rings. The Morgan fingerprint density at radius 3 is 2.39 bits per heavy atom. The molecule has 4 rings (SSSR count). The zero-order chi connectivity index (χ0) is 27.4. The quantitative estimate of drug-likeness (QED) is 0.468. The molecule has 1 saturated carbocycles. The lowest BCUT2D eigenvalue weighted by molar-refractivity contribution is -0.133. The van der Waals surface area contributed by atoms with Crippen LogP contribution in [-0.2, 0) is 14.6 Å². The number of hydrogen-bond acceptors (Lipinski definition) is 6. The van der Waals surface area contributed by atoms with Crippen LogP contribution in [0.3, 0.4) is 0 Å². The standard InChI is InChI=1S/C29H39N3O4S2/c1-20(2)31(3)23-10-15-27(22(18-23)19-38(35,36)25-13-11-24(37-4)12-14-25)32-17-16-26(29(32)34)30-28(33)21-8-6-5-7-9-21/h5-9,11-14,20,22-23,26-27H,10,15-19H2,1-4H3,(H,30,33)/t22-,23?,26-,27?/m0/s1. The number of sulfone groups is 1. The lowest BCUT2D eigenvalue weighted by Crippen LogP contribution is -2.53. The summed E-state index contributed by atoms with van der Waals surface area (Å²) in [5, 5.41) is 2.90. The zero-order valence-corrected chi connectivity index (χ0v) is 24.3. The van der Waals surface area contributed by atoms with Crippen LogP contribution in [0.5, 0.6) is 0 Å². The normalized spacial score (nSPS) is 24.3. The molecular formula is C29H39N3O4S2. The minimum Gasteiger partial charge on any atom is -0.340 e. The van der Waals surface area contributed by atoms with E-state index in [0.29, 0.717) is 35.9 Å². The van der Waals surface area contributed by atoms with Crippen molar-refractivity contribution in [3.8, 4) is 0 Å². The van der Waals surface area contributed by atoms with Crippen LogP contribution in [0.25, 0.3) is 0 Å². The Morgan fingerprint density at radius 2 is 1.76 bits per heavy atom. The van der Waals surface area contributed by atoms with Gasteiger partial charge in [0.2, 0.25) is 5.91 Å². The molecule has 0 aromatic heterocycles. The fourth-order valence-corrected chi connectivity index (χ4v) is 7.83. The maximum atomic E-state index is 13.5. The van der Waals surface area contributed by atoms with Crippen molar-refractivity contribution in [1.29, 1.82) is 0 Å². The molecule has 38 heavy (non-hydrogen) atoms. The third-order valence-corrected chi connectivity index (χ3v) is 10.7. The summed E-state index contributed by atoms with van der Waals surface area (Å²) in [4.78, 5) is 31.7. The molecule has 7 nitrogen and oxygen atoms in total. The molecule has 9 heteroatoms. The molecule has 2 aromatic carbocycles. The highest BCUT2D eigenvalue weighted by Crippen LogP contribution is 2.36. The number of nitrogens with zero attached hydrogens (tertiary/aromatic N) is 2. The Bertz CT molecular complexity index is 1220. The monoisotopic (exact) mass is 557 g/mol. The molecule has 2 amide bonds. The van der Waals surface area contributed by atoms with E-state index in [1.165, 1.54) is 0 Å². The Labute approximate surface area is 231 Å². The molecule has 1 heterocycles. The maximum Gasteiger partial charge on any atom is 0.251 e. The van der Waals surface area contributed by atoms with Crippen molar-refractivity contribution in [2.75, 3.05) is 25.6 Å². The summed E-state index contributed by atoms with van der Waals surface area (Å²) < 4.78 is 27.1. The largest absolute Gasteiger partial charge is 0.340 e. The average molecular weight is 558 g/mol. The van der Waals surface area contributed by atoms with Crippen molar-refractivity contribution in [3.05, 3.63) is 60.2 Å². The molecule has 0 bridgehead atoms. The summed E-state index contributed by atoms with van der Waals surface area (Å²) in [6, 6.07) is 15.8. The predicted octanol–water partition coefficient (Wildman–Crippen LogP) is 4.09. The number of thioether (sulfide) groups is 1. The average Bonchev–Trinajstić information content (AvgIpc) is 3.27. The number of hydrogen-bond donors (Lipinski definition) is 1. The van der Waals surface area contributed by atoms with Crippen molar-refractivity contribution in [1.82, 2.24) is 15.1 Å². The summed E-state index contributed by atoms with van der Waals surface area (Å²) in [7, 11) is -1.44. The summed E-state index contributed by atoms with van der Waals surface area (Å²) in [6.07, 6.45) is 4.86. The Kier molecular flexibility index (Phi) is 9.21.